The van der Waals surface area contributed by atoms with Crippen LogP contribution in [0.5, 0.6) is 0 Å². The molecule has 52 heavy (non-hydrogen) atoms. The van der Waals surface area contributed by atoms with Crippen LogP contribution in [-0.4, -0.2) is 24.9 Å². The summed E-state index contributed by atoms with van der Waals surface area (Å²) in [5.74, 6) is 2.32. The lowest BCUT2D eigenvalue weighted by Gasteiger charge is -2.11. The fourth-order valence-corrected chi connectivity index (χ4v) is 6.88. The highest BCUT2D eigenvalue weighted by molar-refractivity contribution is 6.14. The smallest absolute Gasteiger partial charge is 0.164 e. The summed E-state index contributed by atoms with van der Waals surface area (Å²) in [7, 11) is 0. The number of benzene rings is 6. The molecule has 246 valence electrons. The Morgan fingerprint density at radius 1 is 0.385 bits per heavy atom. The van der Waals surface area contributed by atoms with Crippen LogP contribution in [0.4, 0.5) is 11.5 Å². The van der Waals surface area contributed by atoms with Crippen LogP contribution in [0.1, 0.15) is 0 Å². The zero-order valence-electron chi connectivity index (χ0n) is 27.5. The summed E-state index contributed by atoms with van der Waals surface area (Å²) in [4.78, 5) is 24.6. The Balaban J connectivity index is 1.17. The van der Waals surface area contributed by atoms with Crippen LogP contribution < -0.4 is 11.5 Å². The molecule has 0 saturated heterocycles. The van der Waals surface area contributed by atoms with Crippen molar-refractivity contribution in [2.24, 2.45) is 0 Å². The second-order valence-corrected chi connectivity index (χ2v) is 12.5. The lowest BCUT2D eigenvalue weighted by Crippen LogP contribution is -2.05. The predicted octanol–water partition coefficient (Wildman–Crippen LogP) is 9.96. The summed E-state index contributed by atoms with van der Waals surface area (Å²) in [6, 6.07) is 45.4. The Bertz CT molecular complexity index is 2930. The molecule has 4 heterocycles. The Morgan fingerprint density at radius 2 is 0.904 bits per heavy atom. The average molecular weight is 674 g/mol. The van der Waals surface area contributed by atoms with Gasteiger partial charge < -0.3 is 20.3 Å². The van der Waals surface area contributed by atoms with Crippen LogP contribution in [0.25, 0.3) is 101 Å². The highest BCUT2D eigenvalue weighted by Crippen LogP contribution is 2.41. The van der Waals surface area contributed by atoms with Gasteiger partial charge in [0.05, 0.1) is 5.69 Å². The molecule has 10 rings (SSSR count). The quantitative estimate of drug-likeness (QED) is 0.182. The standard InChI is InChI=1S/C43H27N7O2/c44-37-38(46-42(47-39(37)45)28-16-9-19-33-35(28)27-15-7-8-18-31(27)51-33)26-21-22-32-30(23-26)36-29(17-10-20-34(36)52-32)43-49-40(24-11-3-1-4-12-24)48-41(50-43)25-13-5-2-6-14-25/h1-23H,44H2,(H2,45,46,47). The highest BCUT2D eigenvalue weighted by Gasteiger charge is 2.21. The van der Waals surface area contributed by atoms with Crippen molar-refractivity contribution >= 4 is 55.4 Å². The van der Waals surface area contributed by atoms with Crippen molar-refractivity contribution in [1.82, 2.24) is 24.9 Å². The van der Waals surface area contributed by atoms with Gasteiger partial charge in [-0.25, -0.2) is 24.9 Å². The molecular formula is C43H27N7O2. The SMILES string of the molecule is Nc1nc(-c2cccc3oc4ccccc4c23)nc(-c2ccc3oc4cccc(-c5nc(-c6ccccc6)nc(-c6ccccc6)n5)c4c3c2)c1N. The number of hydrogen-bond donors (Lipinski definition) is 2. The zero-order chi connectivity index (χ0) is 34.8. The van der Waals surface area contributed by atoms with Crippen molar-refractivity contribution in [3.8, 4) is 56.8 Å². The number of para-hydroxylation sites is 1. The molecular weight excluding hydrogens is 647 g/mol. The predicted molar refractivity (Wildman–Crippen MR) is 206 cm³/mol. The summed E-state index contributed by atoms with van der Waals surface area (Å²) in [5.41, 5.74) is 21.0. The van der Waals surface area contributed by atoms with Crippen molar-refractivity contribution in [3.63, 3.8) is 0 Å². The van der Waals surface area contributed by atoms with Crippen molar-refractivity contribution in [1.29, 1.82) is 0 Å². The molecule has 9 heteroatoms. The molecule has 0 aliphatic heterocycles. The molecule has 0 aliphatic carbocycles. The summed E-state index contributed by atoms with van der Waals surface area (Å²) in [6.45, 7) is 0. The lowest BCUT2D eigenvalue weighted by molar-refractivity contribution is 0.668. The van der Waals surface area contributed by atoms with E-state index in [0.29, 0.717) is 40.2 Å². The molecule has 0 spiro atoms. The van der Waals surface area contributed by atoms with Crippen LogP contribution in [0.15, 0.2) is 148 Å². The molecule has 10 aromatic rings. The van der Waals surface area contributed by atoms with E-state index >= 15 is 0 Å². The van der Waals surface area contributed by atoms with E-state index in [2.05, 4.69) is 4.98 Å². The number of rotatable bonds is 5. The number of aromatic nitrogens is 5. The maximum absolute atomic E-state index is 6.62. The van der Waals surface area contributed by atoms with Gasteiger partial charge in [-0.15, -0.1) is 0 Å². The molecule has 0 aliphatic rings. The second kappa shape index (κ2) is 11.6. The molecule has 0 atom stereocenters. The van der Waals surface area contributed by atoms with E-state index in [1.165, 1.54) is 0 Å². The number of anilines is 2. The number of nitrogens with two attached hydrogens (primary N) is 2. The third-order valence-corrected chi connectivity index (χ3v) is 9.33. The minimum Gasteiger partial charge on any atom is -0.456 e. The fourth-order valence-electron chi connectivity index (χ4n) is 6.88. The van der Waals surface area contributed by atoms with E-state index < -0.39 is 0 Å². The van der Waals surface area contributed by atoms with Gasteiger partial charge >= 0.3 is 0 Å². The number of furan rings is 2. The van der Waals surface area contributed by atoms with Crippen molar-refractivity contribution in [3.05, 3.63) is 140 Å². The van der Waals surface area contributed by atoms with Gasteiger partial charge in [-0.05, 0) is 36.4 Å². The maximum atomic E-state index is 6.62. The maximum Gasteiger partial charge on any atom is 0.164 e. The first kappa shape index (κ1) is 29.5. The number of hydrogen-bond acceptors (Lipinski definition) is 9. The van der Waals surface area contributed by atoms with Crippen LogP contribution in [0.3, 0.4) is 0 Å². The normalized spacial score (nSPS) is 11.6. The fraction of sp³-hybridized carbons (Fsp3) is 0. The third kappa shape index (κ3) is 4.75. The Kier molecular flexibility index (Phi) is 6.59. The first-order chi connectivity index (χ1) is 25.6. The summed E-state index contributed by atoms with van der Waals surface area (Å²) >= 11 is 0. The van der Waals surface area contributed by atoms with Gasteiger partial charge in [0.2, 0.25) is 0 Å². The molecule has 0 fully saturated rings. The Hall–Kier alpha value is -7.39. The Labute approximate surface area is 296 Å². The van der Waals surface area contributed by atoms with Crippen molar-refractivity contribution in [2.45, 2.75) is 0 Å². The largest absolute Gasteiger partial charge is 0.456 e. The lowest BCUT2D eigenvalue weighted by atomic mass is 10.0. The van der Waals surface area contributed by atoms with Gasteiger partial charge in [-0.1, -0.05) is 103 Å². The second-order valence-electron chi connectivity index (χ2n) is 12.5. The zero-order valence-corrected chi connectivity index (χ0v) is 27.5. The van der Waals surface area contributed by atoms with E-state index in [-0.39, 0.29) is 11.5 Å². The molecule has 0 unspecified atom stereocenters. The molecule has 0 bridgehead atoms. The number of nitrogen functional groups attached to an aromatic ring is 2. The summed E-state index contributed by atoms with van der Waals surface area (Å²) in [6.07, 6.45) is 0. The molecule has 4 aromatic heterocycles. The molecule has 4 N–H and O–H groups in total. The van der Waals surface area contributed by atoms with Crippen molar-refractivity contribution in [2.75, 3.05) is 11.5 Å². The first-order valence-electron chi connectivity index (χ1n) is 16.8. The first-order valence-corrected chi connectivity index (χ1v) is 16.8. The van der Waals surface area contributed by atoms with E-state index in [1.807, 2.05) is 140 Å². The molecule has 0 radical (unpaired) electrons. The highest BCUT2D eigenvalue weighted by atomic mass is 16.3. The van der Waals surface area contributed by atoms with Crippen LogP contribution in [0, 0.1) is 0 Å². The van der Waals surface area contributed by atoms with Gasteiger partial charge in [0.1, 0.15) is 28.0 Å². The molecule has 0 saturated carbocycles. The number of nitrogens with zero attached hydrogens (tertiary/aromatic N) is 5. The Morgan fingerprint density at radius 3 is 1.56 bits per heavy atom. The van der Waals surface area contributed by atoms with E-state index in [1.54, 1.807) is 0 Å². The number of fused-ring (bicyclic) bond motifs is 6. The minimum absolute atomic E-state index is 0.190. The van der Waals surface area contributed by atoms with Crippen molar-refractivity contribution < 1.29 is 8.83 Å². The van der Waals surface area contributed by atoms with Crippen LogP contribution in [-0.2, 0) is 0 Å². The summed E-state index contributed by atoms with van der Waals surface area (Å²) < 4.78 is 12.5. The molecule has 0 amide bonds. The van der Waals surface area contributed by atoms with Gasteiger partial charge in [0, 0.05) is 49.4 Å². The average Bonchev–Trinajstić information content (AvgIpc) is 3.78. The van der Waals surface area contributed by atoms with E-state index in [4.69, 9.17) is 40.2 Å². The van der Waals surface area contributed by atoms with Gasteiger partial charge in [0.25, 0.3) is 0 Å². The molecule has 6 aromatic carbocycles. The van der Waals surface area contributed by atoms with Crippen LogP contribution in [0.2, 0.25) is 0 Å². The topological polar surface area (TPSA) is 143 Å². The summed E-state index contributed by atoms with van der Waals surface area (Å²) in [5, 5.41) is 3.60. The third-order valence-electron chi connectivity index (χ3n) is 9.33. The van der Waals surface area contributed by atoms with Gasteiger partial charge in [-0.3, -0.25) is 0 Å². The monoisotopic (exact) mass is 673 g/mol. The van der Waals surface area contributed by atoms with Gasteiger partial charge in [-0.2, -0.15) is 0 Å². The molecule has 9 nitrogen and oxygen atoms in total. The van der Waals surface area contributed by atoms with E-state index in [0.717, 1.165) is 60.5 Å². The van der Waals surface area contributed by atoms with Crippen LogP contribution >= 0.6 is 0 Å². The van der Waals surface area contributed by atoms with Gasteiger partial charge in [0.15, 0.2) is 29.1 Å². The minimum atomic E-state index is 0.190. The van der Waals surface area contributed by atoms with E-state index in [9.17, 15) is 0 Å².